The summed E-state index contributed by atoms with van der Waals surface area (Å²) in [7, 11) is 0. The number of aliphatic carboxylic acids is 1. The number of amides is 2. The van der Waals surface area contributed by atoms with E-state index >= 15 is 0 Å². The summed E-state index contributed by atoms with van der Waals surface area (Å²) in [5.41, 5.74) is 2.09. The number of hydrogen-bond acceptors (Lipinski definition) is 2. The average Bonchev–Trinajstić information content (AvgIpc) is 2.46. The van der Waals surface area contributed by atoms with Gasteiger partial charge in [0.05, 0.1) is 5.92 Å². The molecule has 0 saturated carbocycles. The molecular formula is C16H22N2O3. The van der Waals surface area contributed by atoms with E-state index in [9.17, 15) is 9.59 Å². The highest BCUT2D eigenvalue weighted by atomic mass is 16.4. The van der Waals surface area contributed by atoms with Crippen molar-refractivity contribution in [3.63, 3.8) is 0 Å². The van der Waals surface area contributed by atoms with E-state index in [-0.39, 0.29) is 12.6 Å². The van der Waals surface area contributed by atoms with E-state index in [1.807, 2.05) is 31.2 Å². The molecule has 2 rings (SSSR count). The standard InChI is InChI=1S/C16H22N2O3/c1-3-12(15(19)20)9-17-16(21)18-10-11(2)8-13-6-4-5-7-14(13)18/h4-7,11-12H,3,8-10H2,1-2H3,(H,17,21)(H,19,20). The van der Waals surface area contributed by atoms with Crippen molar-refractivity contribution in [1.29, 1.82) is 0 Å². The van der Waals surface area contributed by atoms with Gasteiger partial charge in [-0.2, -0.15) is 0 Å². The third-order valence-electron chi connectivity index (χ3n) is 3.93. The lowest BCUT2D eigenvalue weighted by Gasteiger charge is -2.33. The fraction of sp³-hybridized carbons (Fsp3) is 0.500. The van der Waals surface area contributed by atoms with E-state index in [1.54, 1.807) is 4.90 Å². The van der Waals surface area contributed by atoms with Gasteiger partial charge in [-0.3, -0.25) is 9.69 Å². The van der Waals surface area contributed by atoms with Crippen molar-refractivity contribution in [2.75, 3.05) is 18.0 Å². The monoisotopic (exact) mass is 290 g/mol. The van der Waals surface area contributed by atoms with Crippen LogP contribution in [0.2, 0.25) is 0 Å². The molecule has 0 bridgehead atoms. The van der Waals surface area contributed by atoms with E-state index in [0.29, 0.717) is 18.9 Å². The first-order chi connectivity index (χ1) is 10.0. The predicted molar refractivity (Wildman–Crippen MR) is 81.5 cm³/mol. The number of carboxylic acids is 1. The molecule has 1 aliphatic rings. The molecule has 0 fully saturated rings. The lowest BCUT2D eigenvalue weighted by molar-refractivity contribution is -0.141. The lowest BCUT2D eigenvalue weighted by Crippen LogP contribution is -2.47. The first-order valence-corrected chi connectivity index (χ1v) is 7.39. The number of nitrogens with one attached hydrogen (secondary N) is 1. The van der Waals surface area contributed by atoms with Crippen LogP contribution in [-0.4, -0.2) is 30.2 Å². The number of urea groups is 1. The van der Waals surface area contributed by atoms with Gasteiger partial charge in [-0.05, 0) is 30.4 Å². The number of anilines is 1. The molecule has 0 spiro atoms. The maximum Gasteiger partial charge on any atom is 0.321 e. The van der Waals surface area contributed by atoms with Crippen molar-refractivity contribution >= 4 is 17.7 Å². The van der Waals surface area contributed by atoms with Crippen LogP contribution in [-0.2, 0) is 11.2 Å². The second-order valence-corrected chi connectivity index (χ2v) is 5.68. The van der Waals surface area contributed by atoms with Gasteiger partial charge in [-0.15, -0.1) is 0 Å². The van der Waals surface area contributed by atoms with Crippen LogP contribution in [0.5, 0.6) is 0 Å². The summed E-state index contributed by atoms with van der Waals surface area (Å²) in [6.45, 7) is 4.75. The van der Waals surface area contributed by atoms with Crippen LogP contribution in [0.1, 0.15) is 25.8 Å². The van der Waals surface area contributed by atoms with Crippen LogP contribution < -0.4 is 10.2 Å². The Morgan fingerprint density at radius 3 is 2.81 bits per heavy atom. The molecule has 1 heterocycles. The smallest absolute Gasteiger partial charge is 0.321 e. The molecule has 0 aliphatic carbocycles. The number of carbonyl (C=O) groups is 2. The molecule has 2 unspecified atom stereocenters. The SMILES string of the molecule is CCC(CNC(=O)N1CC(C)Cc2ccccc21)C(=O)O. The number of carbonyl (C=O) groups excluding carboxylic acids is 1. The van der Waals surface area contributed by atoms with E-state index in [1.165, 1.54) is 0 Å². The van der Waals surface area contributed by atoms with Crippen molar-refractivity contribution in [2.24, 2.45) is 11.8 Å². The minimum atomic E-state index is -0.870. The fourth-order valence-corrected chi connectivity index (χ4v) is 2.70. The molecule has 2 N–H and O–H groups in total. The summed E-state index contributed by atoms with van der Waals surface area (Å²) in [6, 6.07) is 7.66. The third-order valence-corrected chi connectivity index (χ3v) is 3.93. The van der Waals surface area contributed by atoms with Gasteiger partial charge in [0.1, 0.15) is 0 Å². The van der Waals surface area contributed by atoms with Gasteiger partial charge >= 0.3 is 12.0 Å². The summed E-state index contributed by atoms with van der Waals surface area (Å²) < 4.78 is 0. The minimum Gasteiger partial charge on any atom is -0.481 e. The van der Waals surface area contributed by atoms with E-state index in [0.717, 1.165) is 17.7 Å². The number of hydrogen-bond donors (Lipinski definition) is 2. The molecule has 0 radical (unpaired) electrons. The van der Waals surface area contributed by atoms with Gasteiger partial charge in [0.15, 0.2) is 0 Å². The van der Waals surface area contributed by atoms with Gasteiger partial charge in [0.25, 0.3) is 0 Å². The lowest BCUT2D eigenvalue weighted by atomic mass is 9.94. The molecular weight excluding hydrogens is 268 g/mol. The second kappa shape index (κ2) is 6.61. The van der Waals surface area contributed by atoms with Crippen molar-refractivity contribution < 1.29 is 14.7 Å². The Bertz CT molecular complexity index is 530. The highest BCUT2D eigenvalue weighted by Crippen LogP contribution is 2.29. The third kappa shape index (κ3) is 3.54. The predicted octanol–water partition coefficient (Wildman–Crippen LogP) is 2.51. The highest BCUT2D eigenvalue weighted by molar-refractivity contribution is 5.93. The molecule has 114 valence electrons. The topological polar surface area (TPSA) is 69.6 Å². The van der Waals surface area contributed by atoms with Gasteiger partial charge in [0.2, 0.25) is 0 Å². The van der Waals surface area contributed by atoms with E-state index in [4.69, 9.17) is 5.11 Å². The Hall–Kier alpha value is -2.04. The number of benzene rings is 1. The number of nitrogens with zero attached hydrogens (tertiary/aromatic N) is 1. The molecule has 21 heavy (non-hydrogen) atoms. The molecule has 1 aromatic rings. The summed E-state index contributed by atoms with van der Waals surface area (Å²) in [5, 5.41) is 11.8. The molecule has 5 nitrogen and oxygen atoms in total. The maximum atomic E-state index is 12.4. The van der Waals surface area contributed by atoms with E-state index < -0.39 is 11.9 Å². The summed E-state index contributed by atoms with van der Waals surface area (Å²) in [6.07, 6.45) is 1.47. The zero-order chi connectivity index (χ0) is 15.4. The molecule has 0 saturated heterocycles. The molecule has 2 atom stereocenters. The van der Waals surface area contributed by atoms with Gasteiger partial charge in [-0.1, -0.05) is 32.0 Å². The van der Waals surface area contributed by atoms with Crippen molar-refractivity contribution in [3.05, 3.63) is 29.8 Å². The quantitative estimate of drug-likeness (QED) is 0.895. The first-order valence-electron chi connectivity index (χ1n) is 7.39. The maximum absolute atomic E-state index is 12.4. The Balaban J connectivity index is 2.07. The van der Waals surface area contributed by atoms with Crippen LogP contribution >= 0.6 is 0 Å². The molecule has 5 heteroatoms. The molecule has 2 amide bonds. The Kier molecular flexibility index (Phi) is 4.83. The summed E-state index contributed by atoms with van der Waals surface area (Å²) in [5.74, 6) is -1.01. The van der Waals surface area contributed by atoms with E-state index in [2.05, 4.69) is 12.2 Å². The number of carboxylic acid groups (broad SMARTS) is 1. The largest absolute Gasteiger partial charge is 0.481 e. The second-order valence-electron chi connectivity index (χ2n) is 5.68. The van der Waals surface area contributed by atoms with Gasteiger partial charge < -0.3 is 10.4 Å². The van der Waals surface area contributed by atoms with Gasteiger partial charge in [-0.25, -0.2) is 4.79 Å². The zero-order valence-corrected chi connectivity index (χ0v) is 12.5. The minimum absolute atomic E-state index is 0.164. The zero-order valence-electron chi connectivity index (χ0n) is 12.5. The Labute approximate surface area is 125 Å². The summed E-state index contributed by atoms with van der Waals surface area (Å²) >= 11 is 0. The van der Waals surface area contributed by atoms with Crippen LogP contribution in [0, 0.1) is 11.8 Å². The molecule has 1 aliphatic heterocycles. The average molecular weight is 290 g/mol. The Morgan fingerprint density at radius 1 is 1.43 bits per heavy atom. The van der Waals surface area contributed by atoms with Crippen LogP contribution in [0.25, 0.3) is 0 Å². The fourth-order valence-electron chi connectivity index (χ4n) is 2.70. The van der Waals surface area contributed by atoms with Crippen molar-refractivity contribution in [2.45, 2.75) is 26.7 Å². The number of rotatable bonds is 4. The van der Waals surface area contributed by atoms with Crippen LogP contribution in [0.4, 0.5) is 10.5 Å². The summed E-state index contributed by atoms with van der Waals surface area (Å²) in [4.78, 5) is 25.1. The van der Waals surface area contributed by atoms with Gasteiger partial charge in [0, 0.05) is 18.8 Å². The number of fused-ring (bicyclic) bond motifs is 1. The normalized spacial score (nSPS) is 18.8. The molecule has 1 aromatic carbocycles. The molecule has 0 aromatic heterocycles. The first kappa shape index (κ1) is 15.4. The van der Waals surface area contributed by atoms with Crippen molar-refractivity contribution in [1.82, 2.24) is 5.32 Å². The van der Waals surface area contributed by atoms with Crippen LogP contribution in [0.3, 0.4) is 0 Å². The van der Waals surface area contributed by atoms with Crippen molar-refractivity contribution in [3.8, 4) is 0 Å². The highest BCUT2D eigenvalue weighted by Gasteiger charge is 2.26. The number of para-hydroxylation sites is 1. The Morgan fingerprint density at radius 2 is 2.14 bits per heavy atom. The van der Waals surface area contributed by atoms with Crippen LogP contribution in [0.15, 0.2) is 24.3 Å².